The number of thiophene rings is 1. The van der Waals surface area contributed by atoms with Gasteiger partial charge in [0, 0.05) is 15.1 Å². The summed E-state index contributed by atoms with van der Waals surface area (Å²) in [5, 5.41) is 9.86. The Morgan fingerprint density at radius 3 is 2.67 bits per heavy atom. The Morgan fingerprint density at radius 2 is 2.14 bits per heavy atom. The maximum atomic E-state index is 12.6. The molecule has 2 aromatic rings. The zero-order valence-corrected chi connectivity index (χ0v) is 15.4. The average molecular weight is 450 g/mol. The number of benzene rings is 1. The molecule has 0 bridgehead atoms. The minimum Gasteiger partial charge on any atom is -0.496 e. The van der Waals surface area contributed by atoms with E-state index in [4.69, 9.17) is 16.3 Å². The van der Waals surface area contributed by atoms with E-state index in [9.17, 15) is 10.1 Å². The van der Waals surface area contributed by atoms with Gasteiger partial charge in [0.1, 0.15) is 11.7 Å². The van der Waals surface area contributed by atoms with E-state index in [1.54, 1.807) is 24.3 Å². The fourth-order valence-electron chi connectivity index (χ4n) is 1.81. The predicted octanol–water partition coefficient (Wildman–Crippen LogP) is 5.43. The fraction of sp³-hybridized carbons (Fsp3) is 0.143. The van der Waals surface area contributed by atoms with Crippen LogP contribution in [0, 0.1) is 11.3 Å². The Kier molecular flexibility index (Phi) is 5.44. The van der Waals surface area contributed by atoms with E-state index < -0.39 is 5.92 Å². The maximum Gasteiger partial charge on any atom is 0.194 e. The molecule has 7 heteroatoms. The second kappa shape index (κ2) is 6.93. The number of Topliss-reactive ketones (excluding diaryl/α,β-unsaturated/α-hetero) is 1. The molecule has 0 aliphatic rings. The number of rotatable bonds is 4. The van der Waals surface area contributed by atoms with Crippen molar-refractivity contribution in [1.82, 2.24) is 0 Å². The van der Waals surface area contributed by atoms with Crippen molar-refractivity contribution in [3.63, 3.8) is 0 Å². The first-order valence-corrected chi connectivity index (χ1v) is 8.48. The van der Waals surface area contributed by atoms with Gasteiger partial charge in [0.15, 0.2) is 5.78 Å². The van der Waals surface area contributed by atoms with Gasteiger partial charge in [0.25, 0.3) is 0 Å². The predicted molar refractivity (Wildman–Crippen MR) is 90.4 cm³/mol. The number of ether oxygens (including phenoxy) is 1. The van der Waals surface area contributed by atoms with E-state index in [0.717, 1.165) is 8.26 Å². The summed E-state index contributed by atoms with van der Waals surface area (Å²) in [6, 6.07) is 8.62. The lowest BCUT2D eigenvalue weighted by molar-refractivity contribution is 0.0981. The molecule has 0 aliphatic carbocycles. The van der Waals surface area contributed by atoms with Crippen LogP contribution in [-0.2, 0) is 0 Å². The number of halogens is 3. The average Bonchev–Trinajstić information content (AvgIpc) is 2.80. The van der Waals surface area contributed by atoms with Gasteiger partial charge in [0.2, 0.25) is 0 Å². The summed E-state index contributed by atoms with van der Waals surface area (Å²) in [5.41, 5.74) is 0.471. The summed E-state index contributed by atoms with van der Waals surface area (Å²) in [7, 11) is 1.49. The van der Waals surface area contributed by atoms with Gasteiger partial charge in [-0.15, -0.1) is 11.3 Å². The molecule has 0 fully saturated rings. The minimum absolute atomic E-state index is 0.283. The van der Waals surface area contributed by atoms with E-state index in [2.05, 4.69) is 31.9 Å². The third-order valence-electron chi connectivity index (χ3n) is 2.78. The molecule has 21 heavy (non-hydrogen) atoms. The molecule has 0 radical (unpaired) electrons. The molecule has 0 amide bonds. The number of hydrogen-bond donors (Lipinski definition) is 0. The number of carbonyl (C=O) groups excluding carboxylic acids is 1. The Hall–Kier alpha value is -0.870. The molecule has 3 nitrogen and oxygen atoms in total. The first-order chi connectivity index (χ1) is 9.97. The Labute approximate surface area is 147 Å². The summed E-state index contributed by atoms with van der Waals surface area (Å²) < 4.78 is 6.81. The smallest absolute Gasteiger partial charge is 0.194 e. The Bertz CT molecular complexity index is 720. The topological polar surface area (TPSA) is 50.1 Å². The lowest BCUT2D eigenvalue weighted by Crippen LogP contribution is -2.11. The summed E-state index contributed by atoms with van der Waals surface area (Å²) in [4.78, 5) is 13.1. The van der Waals surface area contributed by atoms with Crippen molar-refractivity contribution >= 4 is 60.6 Å². The van der Waals surface area contributed by atoms with E-state index in [0.29, 0.717) is 21.2 Å². The minimum atomic E-state index is -0.962. The number of methoxy groups -OCH3 is 1. The SMILES string of the molecule is COc1ccc(Cl)cc1C(C#N)C(=O)c1cc(Br)c(Br)s1. The van der Waals surface area contributed by atoms with Crippen LogP contribution in [-0.4, -0.2) is 12.9 Å². The van der Waals surface area contributed by atoms with Crippen molar-refractivity contribution in [3.8, 4) is 11.8 Å². The monoisotopic (exact) mass is 447 g/mol. The van der Waals surface area contributed by atoms with Crippen LogP contribution in [0.4, 0.5) is 0 Å². The van der Waals surface area contributed by atoms with Crippen molar-refractivity contribution in [2.45, 2.75) is 5.92 Å². The quantitative estimate of drug-likeness (QED) is 0.585. The molecule has 1 atom stereocenters. The van der Waals surface area contributed by atoms with Crippen molar-refractivity contribution in [2.75, 3.05) is 7.11 Å². The molecular weight excluding hydrogens is 441 g/mol. The van der Waals surface area contributed by atoms with Gasteiger partial charge in [-0.1, -0.05) is 11.6 Å². The summed E-state index contributed by atoms with van der Waals surface area (Å²) in [5.74, 6) is -0.778. The molecule has 108 valence electrons. The van der Waals surface area contributed by atoms with E-state index in [1.807, 2.05) is 6.07 Å². The molecule has 0 aliphatic heterocycles. The van der Waals surface area contributed by atoms with Gasteiger partial charge >= 0.3 is 0 Å². The number of carbonyl (C=O) groups is 1. The van der Waals surface area contributed by atoms with Crippen LogP contribution in [0.1, 0.15) is 21.2 Å². The van der Waals surface area contributed by atoms with E-state index >= 15 is 0 Å². The molecule has 1 aromatic heterocycles. The van der Waals surface area contributed by atoms with Gasteiger partial charge in [-0.3, -0.25) is 4.79 Å². The molecule has 0 N–H and O–H groups in total. The number of hydrogen-bond acceptors (Lipinski definition) is 4. The summed E-state index contributed by atoms with van der Waals surface area (Å²) in [6.45, 7) is 0. The van der Waals surface area contributed by atoms with E-state index in [1.165, 1.54) is 18.4 Å². The van der Waals surface area contributed by atoms with Gasteiger partial charge in [-0.2, -0.15) is 5.26 Å². The molecule has 0 spiro atoms. The first-order valence-electron chi connectivity index (χ1n) is 5.70. The standard InChI is InChI=1S/C14H8Br2ClNO2S/c1-20-11-3-2-7(17)4-8(11)9(6-18)13(19)12-5-10(15)14(16)21-12/h2-5,9H,1H3. The number of ketones is 1. The maximum absolute atomic E-state index is 12.6. The second-order valence-electron chi connectivity index (χ2n) is 4.04. The third-order valence-corrected chi connectivity index (χ3v) is 6.29. The van der Waals surface area contributed by atoms with Crippen molar-refractivity contribution in [3.05, 3.63) is 48.0 Å². The second-order valence-corrected chi connectivity index (χ2v) is 7.71. The summed E-state index contributed by atoms with van der Waals surface area (Å²) >= 11 is 13.9. The van der Waals surface area contributed by atoms with Gasteiger partial charge in [-0.25, -0.2) is 0 Å². The van der Waals surface area contributed by atoms with Crippen molar-refractivity contribution in [2.24, 2.45) is 0 Å². The lowest BCUT2D eigenvalue weighted by Gasteiger charge is -2.12. The first kappa shape index (κ1) is 16.5. The Morgan fingerprint density at radius 1 is 1.43 bits per heavy atom. The normalized spacial score (nSPS) is 11.8. The molecule has 2 rings (SSSR count). The molecule has 0 saturated heterocycles. The van der Waals surface area contributed by atoms with Crippen LogP contribution in [0.15, 0.2) is 32.5 Å². The largest absolute Gasteiger partial charge is 0.496 e. The van der Waals surface area contributed by atoms with Crippen LogP contribution in [0.3, 0.4) is 0 Å². The Balaban J connectivity index is 2.47. The molecule has 1 aromatic carbocycles. The van der Waals surface area contributed by atoms with E-state index in [-0.39, 0.29) is 5.78 Å². The van der Waals surface area contributed by atoms with Crippen molar-refractivity contribution in [1.29, 1.82) is 5.26 Å². The summed E-state index contributed by atoms with van der Waals surface area (Å²) in [6.07, 6.45) is 0. The van der Waals surface area contributed by atoms with Crippen LogP contribution in [0.5, 0.6) is 5.75 Å². The number of nitrogens with zero attached hydrogens (tertiary/aromatic N) is 1. The molecular formula is C14H8Br2ClNO2S. The van der Waals surface area contributed by atoms with Gasteiger partial charge < -0.3 is 4.74 Å². The molecule has 1 heterocycles. The highest BCUT2D eigenvalue weighted by molar-refractivity contribution is 9.13. The molecule has 0 saturated carbocycles. The third kappa shape index (κ3) is 3.49. The highest BCUT2D eigenvalue weighted by atomic mass is 79.9. The van der Waals surface area contributed by atoms with Gasteiger partial charge in [-0.05, 0) is 56.1 Å². The highest BCUT2D eigenvalue weighted by Gasteiger charge is 2.27. The molecule has 1 unspecified atom stereocenters. The zero-order chi connectivity index (χ0) is 15.6. The lowest BCUT2D eigenvalue weighted by atomic mass is 9.94. The fourth-order valence-corrected chi connectivity index (χ4v) is 4.00. The van der Waals surface area contributed by atoms with Crippen molar-refractivity contribution < 1.29 is 9.53 Å². The van der Waals surface area contributed by atoms with Crippen LogP contribution in [0.25, 0.3) is 0 Å². The zero-order valence-electron chi connectivity index (χ0n) is 10.7. The highest BCUT2D eigenvalue weighted by Crippen LogP contribution is 2.37. The van der Waals surface area contributed by atoms with Gasteiger partial charge in [0.05, 0.1) is 21.8 Å². The van der Waals surface area contributed by atoms with Crippen LogP contribution >= 0.6 is 54.8 Å². The number of nitriles is 1. The van der Waals surface area contributed by atoms with Crippen LogP contribution in [0.2, 0.25) is 5.02 Å². The van der Waals surface area contributed by atoms with Crippen LogP contribution < -0.4 is 4.74 Å².